The van der Waals surface area contributed by atoms with Crippen molar-refractivity contribution in [2.75, 3.05) is 6.54 Å². The molecule has 2 rings (SSSR count). The topological polar surface area (TPSA) is 75.6 Å². The molecule has 19 heavy (non-hydrogen) atoms. The standard InChI is InChI=1S/C14H17NO4/c1-8-4-5-13(19-8)12(16)7-15-14(17)11-6-9(2)18-10(11)3/h4-6,12,16H,7H2,1-3H3,(H,15,17)/t12-/m1/s1. The summed E-state index contributed by atoms with van der Waals surface area (Å²) in [6.07, 6.45) is -0.856. The molecule has 0 saturated carbocycles. The molecular formula is C14H17NO4. The summed E-state index contributed by atoms with van der Waals surface area (Å²) in [5.41, 5.74) is 0.486. The van der Waals surface area contributed by atoms with Gasteiger partial charge in [-0.05, 0) is 39.0 Å². The third kappa shape index (κ3) is 3.06. The maximum atomic E-state index is 11.9. The van der Waals surface area contributed by atoms with Gasteiger partial charge in [-0.25, -0.2) is 0 Å². The number of carbonyl (C=O) groups is 1. The van der Waals surface area contributed by atoms with Crippen LogP contribution in [-0.4, -0.2) is 17.6 Å². The van der Waals surface area contributed by atoms with Gasteiger partial charge in [0.15, 0.2) is 0 Å². The molecule has 0 aliphatic rings. The average Bonchev–Trinajstić information content (AvgIpc) is 2.92. The lowest BCUT2D eigenvalue weighted by Gasteiger charge is -2.09. The van der Waals surface area contributed by atoms with Crippen LogP contribution in [0.5, 0.6) is 0 Å². The van der Waals surface area contributed by atoms with E-state index in [9.17, 15) is 9.90 Å². The molecule has 2 heterocycles. The van der Waals surface area contributed by atoms with E-state index in [1.165, 1.54) is 0 Å². The minimum absolute atomic E-state index is 0.0927. The van der Waals surface area contributed by atoms with Crippen molar-refractivity contribution in [3.8, 4) is 0 Å². The van der Waals surface area contributed by atoms with E-state index in [0.29, 0.717) is 22.8 Å². The maximum absolute atomic E-state index is 11.9. The Labute approximate surface area is 111 Å². The van der Waals surface area contributed by atoms with E-state index in [0.717, 1.165) is 5.76 Å². The highest BCUT2D eigenvalue weighted by Gasteiger charge is 2.16. The Kier molecular flexibility index (Phi) is 3.76. The first kappa shape index (κ1) is 13.4. The van der Waals surface area contributed by atoms with E-state index in [4.69, 9.17) is 8.83 Å². The van der Waals surface area contributed by atoms with Crippen molar-refractivity contribution >= 4 is 5.91 Å². The van der Waals surface area contributed by atoms with E-state index in [-0.39, 0.29) is 12.5 Å². The first-order valence-electron chi connectivity index (χ1n) is 6.07. The lowest BCUT2D eigenvalue weighted by molar-refractivity contribution is 0.0899. The van der Waals surface area contributed by atoms with E-state index in [2.05, 4.69) is 5.32 Å². The first-order valence-corrected chi connectivity index (χ1v) is 6.07. The number of carbonyl (C=O) groups excluding carboxylic acids is 1. The van der Waals surface area contributed by atoms with Gasteiger partial charge in [-0.15, -0.1) is 0 Å². The molecule has 2 aromatic heterocycles. The first-order chi connectivity index (χ1) is 8.97. The van der Waals surface area contributed by atoms with Crippen LogP contribution in [0.25, 0.3) is 0 Å². The molecule has 0 radical (unpaired) electrons. The van der Waals surface area contributed by atoms with Crippen LogP contribution in [-0.2, 0) is 0 Å². The van der Waals surface area contributed by atoms with Crippen molar-refractivity contribution in [2.24, 2.45) is 0 Å². The fourth-order valence-corrected chi connectivity index (χ4v) is 1.87. The van der Waals surface area contributed by atoms with Crippen LogP contribution in [0.1, 0.15) is 39.5 Å². The van der Waals surface area contributed by atoms with Gasteiger partial charge in [0.2, 0.25) is 0 Å². The normalized spacial score (nSPS) is 12.4. The third-order valence-corrected chi connectivity index (χ3v) is 2.83. The van der Waals surface area contributed by atoms with E-state index >= 15 is 0 Å². The van der Waals surface area contributed by atoms with Crippen molar-refractivity contribution in [2.45, 2.75) is 26.9 Å². The van der Waals surface area contributed by atoms with Gasteiger partial charge in [0.1, 0.15) is 29.1 Å². The molecule has 1 atom stereocenters. The highest BCUT2D eigenvalue weighted by molar-refractivity contribution is 5.95. The van der Waals surface area contributed by atoms with Crippen LogP contribution >= 0.6 is 0 Å². The second kappa shape index (κ2) is 5.32. The highest BCUT2D eigenvalue weighted by atomic mass is 16.4. The minimum Gasteiger partial charge on any atom is -0.466 e. The smallest absolute Gasteiger partial charge is 0.254 e. The van der Waals surface area contributed by atoms with Crippen LogP contribution < -0.4 is 5.32 Å². The van der Waals surface area contributed by atoms with Gasteiger partial charge in [-0.2, -0.15) is 0 Å². The van der Waals surface area contributed by atoms with Crippen LogP contribution in [0.4, 0.5) is 0 Å². The summed E-state index contributed by atoms with van der Waals surface area (Å²) in [4.78, 5) is 11.9. The quantitative estimate of drug-likeness (QED) is 0.887. The molecule has 0 aromatic carbocycles. The molecule has 0 aliphatic heterocycles. The number of furan rings is 2. The van der Waals surface area contributed by atoms with Crippen LogP contribution in [0.3, 0.4) is 0 Å². The van der Waals surface area contributed by atoms with Crippen molar-refractivity contribution in [1.29, 1.82) is 0 Å². The SMILES string of the molecule is Cc1ccc([C@H](O)CNC(=O)c2cc(C)oc2C)o1. The number of aliphatic hydroxyl groups is 1. The number of hydrogen-bond donors (Lipinski definition) is 2. The van der Waals surface area contributed by atoms with Crippen molar-refractivity contribution < 1.29 is 18.7 Å². The van der Waals surface area contributed by atoms with Gasteiger partial charge in [0, 0.05) is 0 Å². The largest absolute Gasteiger partial charge is 0.466 e. The molecule has 0 aliphatic carbocycles. The summed E-state index contributed by atoms with van der Waals surface area (Å²) in [6.45, 7) is 5.40. The molecule has 0 saturated heterocycles. The van der Waals surface area contributed by atoms with Gasteiger partial charge in [-0.3, -0.25) is 4.79 Å². The maximum Gasteiger partial charge on any atom is 0.254 e. The van der Waals surface area contributed by atoms with Gasteiger partial charge >= 0.3 is 0 Å². The Morgan fingerprint density at radius 3 is 2.53 bits per heavy atom. The summed E-state index contributed by atoms with van der Waals surface area (Å²) in [5, 5.41) is 12.5. The number of hydrogen-bond acceptors (Lipinski definition) is 4. The predicted molar refractivity (Wildman–Crippen MR) is 68.9 cm³/mol. The zero-order chi connectivity index (χ0) is 14.0. The minimum atomic E-state index is -0.856. The Morgan fingerprint density at radius 1 is 1.26 bits per heavy atom. The average molecular weight is 263 g/mol. The van der Waals surface area contributed by atoms with E-state index < -0.39 is 6.10 Å². The molecule has 5 heteroatoms. The monoisotopic (exact) mass is 263 g/mol. The van der Waals surface area contributed by atoms with Gasteiger partial charge in [-0.1, -0.05) is 0 Å². The molecule has 102 valence electrons. The number of amides is 1. The molecular weight excluding hydrogens is 246 g/mol. The number of aliphatic hydroxyl groups excluding tert-OH is 1. The Bertz CT molecular complexity index is 582. The lowest BCUT2D eigenvalue weighted by atomic mass is 10.2. The van der Waals surface area contributed by atoms with Crippen LogP contribution in [0, 0.1) is 20.8 Å². The summed E-state index contributed by atoms with van der Waals surface area (Å²) >= 11 is 0. The third-order valence-electron chi connectivity index (χ3n) is 2.83. The number of rotatable bonds is 4. The molecule has 0 spiro atoms. The lowest BCUT2D eigenvalue weighted by Crippen LogP contribution is -2.28. The van der Waals surface area contributed by atoms with Gasteiger partial charge < -0.3 is 19.3 Å². The number of nitrogens with one attached hydrogen (secondary N) is 1. The Hall–Kier alpha value is -2.01. The van der Waals surface area contributed by atoms with Crippen LogP contribution in [0.2, 0.25) is 0 Å². The molecule has 2 aromatic rings. The number of aryl methyl sites for hydroxylation is 3. The Morgan fingerprint density at radius 2 is 2.00 bits per heavy atom. The molecule has 2 N–H and O–H groups in total. The Balaban J connectivity index is 1.95. The fraction of sp³-hybridized carbons (Fsp3) is 0.357. The molecule has 1 amide bonds. The summed E-state index contributed by atoms with van der Waals surface area (Å²) < 4.78 is 10.6. The second-order valence-corrected chi connectivity index (χ2v) is 4.50. The van der Waals surface area contributed by atoms with Crippen molar-refractivity contribution in [3.05, 3.63) is 46.8 Å². The van der Waals surface area contributed by atoms with Crippen molar-refractivity contribution in [3.63, 3.8) is 0 Å². The highest BCUT2D eigenvalue weighted by Crippen LogP contribution is 2.16. The zero-order valence-corrected chi connectivity index (χ0v) is 11.2. The summed E-state index contributed by atoms with van der Waals surface area (Å²) in [6, 6.07) is 5.14. The van der Waals surface area contributed by atoms with Crippen molar-refractivity contribution in [1.82, 2.24) is 5.32 Å². The molecule has 0 fully saturated rings. The van der Waals surface area contributed by atoms with Crippen LogP contribution in [0.15, 0.2) is 27.0 Å². The molecule has 0 bridgehead atoms. The molecule has 5 nitrogen and oxygen atoms in total. The fourth-order valence-electron chi connectivity index (χ4n) is 1.87. The van der Waals surface area contributed by atoms with E-state index in [1.807, 2.05) is 0 Å². The molecule has 0 unspecified atom stereocenters. The summed E-state index contributed by atoms with van der Waals surface area (Å²) in [7, 11) is 0. The van der Waals surface area contributed by atoms with Gasteiger partial charge in [0.05, 0.1) is 12.1 Å². The zero-order valence-electron chi connectivity index (χ0n) is 11.2. The second-order valence-electron chi connectivity index (χ2n) is 4.50. The van der Waals surface area contributed by atoms with Gasteiger partial charge in [0.25, 0.3) is 5.91 Å². The summed E-state index contributed by atoms with van der Waals surface area (Å²) in [5.74, 6) is 2.15. The predicted octanol–water partition coefficient (Wildman–Crippen LogP) is 2.26. The van der Waals surface area contributed by atoms with E-state index in [1.54, 1.807) is 39.0 Å².